The van der Waals surface area contributed by atoms with Gasteiger partial charge in [-0.3, -0.25) is 0 Å². The molecule has 0 saturated heterocycles. The summed E-state index contributed by atoms with van der Waals surface area (Å²) in [4.78, 5) is 0. The fourth-order valence-corrected chi connectivity index (χ4v) is 2.43. The number of fused-ring (bicyclic) bond motifs is 1. The van der Waals surface area contributed by atoms with Crippen LogP contribution in [0.5, 0.6) is 0 Å². The molecule has 1 heterocycles. The van der Waals surface area contributed by atoms with Gasteiger partial charge in [0.25, 0.3) is 0 Å². The maximum Gasteiger partial charge on any atom is 0.0782 e. The molecule has 3 heteroatoms. The minimum atomic E-state index is -0.423. The van der Waals surface area contributed by atoms with E-state index in [-0.39, 0.29) is 0 Å². The molecule has 2 aromatic rings. The van der Waals surface area contributed by atoms with E-state index in [9.17, 15) is 5.11 Å². The first-order valence-electron chi connectivity index (χ1n) is 4.52. The molecule has 1 aromatic heterocycles. The lowest BCUT2D eigenvalue weighted by Crippen LogP contribution is -1.88. The van der Waals surface area contributed by atoms with E-state index in [2.05, 4.69) is 15.9 Å². The quantitative estimate of drug-likeness (QED) is 0.831. The van der Waals surface area contributed by atoms with Gasteiger partial charge in [-0.15, -0.1) is 0 Å². The second-order valence-corrected chi connectivity index (χ2v) is 4.36. The van der Waals surface area contributed by atoms with Crippen molar-refractivity contribution in [2.24, 2.45) is 7.05 Å². The van der Waals surface area contributed by atoms with Crippen LogP contribution in [0.1, 0.15) is 18.6 Å². The van der Waals surface area contributed by atoms with Gasteiger partial charge in [-0.05, 0) is 28.9 Å². The summed E-state index contributed by atoms with van der Waals surface area (Å²) in [7, 11) is 1.99. The van der Waals surface area contributed by atoms with Crippen molar-refractivity contribution < 1.29 is 5.11 Å². The van der Waals surface area contributed by atoms with Crippen LogP contribution in [0.2, 0.25) is 0 Å². The first-order chi connectivity index (χ1) is 6.61. The van der Waals surface area contributed by atoms with Crippen LogP contribution >= 0.6 is 15.9 Å². The second kappa shape index (κ2) is 3.41. The van der Waals surface area contributed by atoms with Crippen LogP contribution in [-0.4, -0.2) is 9.67 Å². The summed E-state index contributed by atoms with van der Waals surface area (Å²) < 4.78 is 3.09. The molecular weight excluding hydrogens is 242 g/mol. The monoisotopic (exact) mass is 253 g/mol. The largest absolute Gasteiger partial charge is 0.389 e. The predicted octanol–water partition coefficient (Wildman–Crippen LogP) is 2.99. The van der Waals surface area contributed by atoms with Gasteiger partial charge in [-0.2, -0.15) is 0 Å². The van der Waals surface area contributed by atoms with Gasteiger partial charge in [-0.1, -0.05) is 12.1 Å². The van der Waals surface area contributed by atoms with Crippen LogP contribution in [-0.2, 0) is 7.05 Å². The Balaban J connectivity index is 2.84. The van der Waals surface area contributed by atoms with E-state index in [1.54, 1.807) is 6.92 Å². The molecule has 1 unspecified atom stereocenters. The van der Waals surface area contributed by atoms with E-state index in [1.807, 2.05) is 36.0 Å². The molecule has 0 aliphatic carbocycles. The van der Waals surface area contributed by atoms with Crippen molar-refractivity contribution in [3.63, 3.8) is 0 Å². The van der Waals surface area contributed by atoms with Crippen molar-refractivity contribution in [2.75, 3.05) is 0 Å². The predicted molar refractivity (Wildman–Crippen MR) is 61.3 cm³/mol. The minimum absolute atomic E-state index is 0.423. The zero-order valence-electron chi connectivity index (χ0n) is 8.16. The van der Waals surface area contributed by atoms with Gasteiger partial charge in [0.2, 0.25) is 0 Å². The average molecular weight is 254 g/mol. The summed E-state index contributed by atoms with van der Waals surface area (Å²) in [5.41, 5.74) is 2.10. The van der Waals surface area contributed by atoms with Crippen molar-refractivity contribution in [3.8, 4) is 0 Å². The van der Waals surface area contributed by atoms with Gasteiger partial charge < -0.3 is 9.67 Å². The Labute approximate surface area is 91.3 Å². The SMILES string of the molecule is CC(O)c1cn(C)c2c(Br)cccc12. The van der Waals surface area contributed by atoms with Gasteiger partial charge >= 0.3 is 0 Å². The molecule has 0 fully saturated rings. The van der Waals surface area contributed by atoms with Crippen LogP contribution in [0.4, 0.5) is 0 Å². The third kappa shape index (κ3) is 1.37. The highest BCUT2D eigenvalue weighted by atomic mass is 79.9. The maximum atomic E-state index is 9.60. The molecule has 1 N–H and O–H groups in total. The van der Waals surface area contributed by atoms with Crippen LogP contribution in [0.15, 0.2) is 28.9 Å². The van der Waals surface area contributed by atoms with E-state index in [4.69, 9.17) is 0 Å². The molecule has 0 saturated carbocycles. The number of aliphatic hydroxyl groups is 1. The number of aliphatic hydroxyl groups excluding tert-OH is 1. The van der Waals surface area contributed by atoms with Gasteiger partial charge in [0.05, 0.1) is 11.6 Å². The zero-order valence-corrected chi connectivity index (χ0v) is 9.75. The number of aromatic nitrogens is 1. The lowest BCUT2D eigenvalue weighted by atomic mass is 10.1. The first-order valence-corrected chi connectivity index (χ1v) is 5.32. The van der Waals surface area contributed by atoms with E-state index in [1.165, 1.54) is 0 Å². The third-order valence-electron chi connectivity index (χ3n) is 2.43. The fourth-order valence-electron chi connectivity index (χ4n) is 1.78. The van der Waals surface area contributed by atoms with E-state index < -0.39 is 6.10 Å². The molecule has 1 aromatic carbocycles. The summed E-state index contributed by atoms with van der Waals surface area (Å²) in [5, 5.41) is 10.7. The van der Waals surface area contributed by atoms with Crippen LogP contribution in [0, 0.1) is 0 Å². The van der Waals surface area contributed by atoms with Crippen LogP contribution in [0.3, 0.4) is 0 Å². The van der Waals surface area contributed by atoms with E-state index in [0.717, 1.165) is 20.9 Å². The molecule has 0 aliphatic rings. The zero-order chi connectivity index (χ0) is 10.3. The molecule has 0 aliphatic heterocycles. The summed E-state index contributed by atoms with van der Waals surface area (Å²) >= 11 is 3.51. The molecule has 14 heavy (non-hydrogen) atoms. The molecular formula is C11H12BrNO. The van der Waals surface area contributed by atoms with Crippen LogP contribution < -0.4 is 0 Å². The third-order valence-corrected chi connectivity index (χ3v) is 3.07. The number of hydrogen-bond acceptors (Lipinski definition) is 1. The number of halogens is 1. The number of benzene rings is 1. The molecule has 2 nitrogen and oxygen atoms in total. The van der Waals surface area contributed by atoms with Crippen LogP contribution in [0.25, 0.3) is 10.9 Å². The Kier molecular flexibility index (Phi) is 2.37. The first kappa shape index (κ1) is 9.74. The van der Waals surface area contributed by atoms with Gasteiger partial charge in [0.15, 0.2) is 0 Å². The Hall–Kier alpha value is -0.800. The molecule has 74 valence electrons. The highest BCUT2D eigenvalue weighted by molar-refractivity contribution is 9.10. The lowest BCUT2D eigenvalue weighted by Gasteiger charge is -2.01. The number of nitrogens with zero attached hydrogens (tertiary/aromatic N) is 1. The van der Waals surface area contributed by atoms with Crippen molar-refractivity contribution in [3.05, 3.63) is 34.4 Å². The lowest BCUT2D eigenvalue weighted by molar-refractivity contribution is 0.200. The van der Waals surface area contributed by atoms with Gasteiger partial charge in [0, 0.05) is 28.7 Å². The highest BCUT2D eigenvalue weighted by Gasteiger charge is 2.11. The summed E-state index contributed by atoms with van der Waals surface area (Å²) in [6, 6.07) is 6.02. The standard InChI is InChI=1S/C11H12BrNO/c1-7(14)9-6-13(2)11-8(9)4-3-5-10(11)12/h3-7,14H,1-2H3. The highest BCUT2D eigenvalue weighted by Crippen LogP contribution is 2.30. The van der Waals surface area contributed by atoms with E-state index in [0.29, 0.717) is 0 Å². The second-order valence-electron chi connectivity index (χ2n) is 3.51. The molecule has 0 bridgehead atoms. The Morgan fingerprint density at radius 1 is 1.43 bits per heavy atom. The topological polar surface area (TPSA) is 25.2 Å². The van der Waals surface area contributed by atoms with Crippen molar-refractivity contribution in [1.82, 2.24) is 4.57 Å². The Bertz CT molecular complexity index is 473. The van der Waals surface area contributed by atoms with Crippen molar-refractivity contribution in [2.45, 2.75) is 13.0 Å². The number of para-hydroxylation sites is 1. The minimum Gasteiger partial charge on any atom is -0.389 e. The van der Waals surface area contributed by atoms with Gasteiger partial charge in [0.1, 0.15) is 0 Å². The van der Waals surface area contributed by atoms with E-state index >= 15 is 0 Å². The molecule has 2 rings (SSSR count). The smallest absolute Gasteiger partial charge is 0.0782 e. The number of aryl methyl sites for hydroxylation is 1. The molecule has 0 amide bonds. The normalized spacial score (nSPS) is 13.4. The Morgan fingerprint density at radius 2 is 2.14 bits per heavy atom. The molecule has 0 radical (unpaired) electrons. The Morgan fingerprint density at radius 3 is 2.79 bits per heavy atom. The molecule has 0 spiro atoms. The van der Waals surface area contributed by atoms with Crippen molar-refractivity contribution in [1.29, 1.82) is 0 Å². The van der Waals surface area contributed by atoms with Gasteiger partial charge in [-0.25, -0.2) is 0 Å². The summed E-state index contributed by atoms with van der Waals surface area (Å²) in [5.74, 6) is 0. The summed E-state index contributed by atoms with van der Waals surface area (Å²) in [6.45, 7) is 1.79. The number of rotatable bonds is 1. The fraction of sp³-hybridized carbons (Fsp3) is 0.273. The number of hydrogen-bond donors (Lipinski definition) is 1. The average Bonchev–Trinajstić information content (AvgIpc) is 2.45. The summed E-state index contributed by atoms with van der Waals surface area (Å²) in [6.07, 6.45) is 1.55. The molecule has 1 atom stereocenters. The van der Waals surface area contributed by atoms with Crippen molar-refractivity contribution >= 4 is 26.8 Å². The maximum absolute atomic E-state index is 9.60.